The number of hydrogen-bond acceptors (Lipinski definition) is 4. The van der Waals surface area contributed by atoms with E-state index in [2.05, 4.69) is 5.32 Å². The van der Waals surface area contributed by atoms with Gasteiger partial charge in [0, 0.05) is 24.0 Å². The SMILES string of the molecule is COc1ccc(Cl)cc1S(=O)(=O)N1CCC(C(=O)Nc2cc(C(F)(F)F)ccc2Cl)CC1. The highest BCUT2D eigenvalue weighted by atomic mass is 35.5. The zero-order chi connectivity index (χ0) is 23.7. The van der Waals surface area contributed by atoms with Crippen molar-refractivity contribution in [2.75, 3.05) is 25.5 Å². The summed E-state index contributed by atoms with van der Waals surface area (Å²) in [6.45, 7) is 0.0961. The number of amides is 1. The van der Waals surface area contributed by atoms with Crippen LogP contribution in [0.3, 0.4) is 0 Å². The second kappa shape index (κ2) is 9.46. The van der Waals surface area contributed by atoms with Crippen LogP contribution >= 0.6 is 23.2 Å². The fraction of sp³-hybridized carbons (Fsp3) is 0.350. The van der Waals surface area contributed by atoms with Crippen LogP contribution in [-0.2, 0) is 21.0 Å². The van der Waals surface area contributed by atoms with Crippen molar-refractivity contribution in [1.82, 2.24) is 4.31 Å². The molecule has 1 N–H and O–H groups in total. The topological polar surface area (TPSA) is 75.7 Å². The summed E-state index contributed by atoms with van der Waals surface area (Å²) >= 11 is 11.9. The Bertz CT molecular complexity index is 1120. The Morgan fingerprint density at radius 2 is 1.78 bits per heavy atom. The van der Waals surface area contributed by atoms with Gasteiger partial charge in [0.25, 0.3) is 0 Å². The van der Waals surface area contributed by atoms with E-state index in [1.807, 2.05) is 0 Å². The molecule has 2 aromatic rings. The van der Waals surface area contributed by atoms with Crippen molar-refractivity contribution in [3.05, 3.63) is 52.0 Å². The van der Waals surface area contributed by atoms with Gasteiger partial charge >= 0.3 is 6.18 Å². The van der Waals surface area contributed by atoms with E-state index >= 15 is 0 Å². The molecule has 2 aromatic carbocycles. The average Bonchev–Trinajstić information content (AvgIpc) is 2.74. The minimum absolute atomic E-state index is 0.0283. The summed E-state index contributed by atoms with van der Waals surface area (Å²) in [5, 5.41) is 2.63. The van der Waals surface area contributed by atoms with Gasteiger partial charge in [-0.05, 0) is 49.2 Å². The van der Waals surface area contributed by atoms with E-state index in [0.717, 1.165) is 18.2 Å². The molecule has 0 aliphatic carbocycles. The molecule has 0 bridgehead atoms. The summed E-state index contributed by atoms with van der Waals surface area (Å²) in [6, 6.07) is 6.91. The number of ether oxygens (including phenoxy) is 1. The van der Waals surface area contributed by atoms with Crippen LogP contribution in [0.5, 0.6) is 5.75 Å². The number of carbonyl (C=O) groups is 1. The van der Waals surface area contributed by atoms with Gasteiger partial charge in [-0.25, -0.2) is 8.42 Å². The molecule has 174 valence electrons. The molecular formula is C20H19Cl2F3N2O4S. The number of nitrogens with one attached hydrogen (secondary N) is 1. The minimum Gasteiger partial charge on any atom is -0.495 e. The lowest BCUT2D eigenvalue weighted by atomic mass is 9.97. The fourth-order valence-corrected chi connectivity index (χ4v) is 5.43. The molecular weight excluding hydrogens is 492 g/mol. The molecule has 1 amide bonds. The third-order valence-corrected chi connectivity index (χ3v) is 7.60. The van der Waals surface area contributed by atoms with Crippen LogP contribution in [0.1, 0.15) is 18.4 Å². The number of sulfonamides is 1. The first-order valence-corrected chi connectivity index (χ1v) is 11.6. The van der Waals surface area contributed by atoms with Crippen molar-refractivity contribution in [3.8, 4) is 5.75 Å². The first-order valence-electron chi connectivity index (χ1n) is 9.45. The first kappa shape index (κ1) is 24.6. The van der Waals surface area contributed by atoms with Crippen LogP contribution in [-0.4, -0.2) is 38.8 Å². The van der Waals surface area contributed by atoms with Crippen LogP contribution in [0.15, 0.2) is 41.3 Å². The van der Waals surface area contributed by atoms with E-state index in [1.165, 1.54) is 29.6 Å². The number of methoxy groups -OCH3 is 1. The lowest BCUT2D eigenvalue weighted by Crippen LogP contribution is -2.41. The average molecular weight is 511 g/mol. The van der Waals surface area contributed by atoms with Gasteiger partial charge in [-0.2, -0.15) is 17.5 Å². The second-order valence-corrected chi connectivity index (χ2v) is 9.91. The molecule has 12 heteroatoms. The summed E-state index contributed by atoms with van der Waals surface area (Å²) in [7, 11) is -2.57. The number of piperidine rings is 1. The van der Waals surface area contributed by atoms with Crippen molar-refractivity contribution in [1.29, 1.82) is 0 Å². The maximum Gasteiger partial charge on any atom is 0.416 e. The van der Waals surface area contributed by atoms with Crippen LogP contribution in [0.2, 0.25) is 10.0 Å². The van der Waals surface area contributed by atoms with Crippen molar-refractivity contribution in [3.63, 3.8) is 0 Å². The number of benzene rings is 2. The summed E-state index contributed by atoms with van der Waals surface area (Å²) < 4.78 is 71.2. The lowest BCUT2D eigenvalue weighted by Gasteiger charge is -2.31. The maximum atomic E-state index is 13.0. The maximum absolute atomic E-state index is 13.0. The van der Waals surface area contributed by atoms with E-state index in [1.54, 1.807) is 0 Å². The molecule has 1 heterocycles. The van der Waals surface area contributed by atoms with Gasteiger partial charge in [0.1, 0.15) is 10.6 Å². The molecule has 32 heavy (non-hydrogen) atoms. The number of nitrogens with zero attached hydrogens (tertiary/aromatic N) is 1. The molecule has 6 nitrogen and oxygen atoms in total. The summed E-state index contributed by atoms with van der Waals surface area (Å²) in [4.78, 5) is 12.5. The molecule has 1 saturated heterocycles. The molecule has 0 atom stereocenters. The minimum atomic E-state index is -4.58. The van der Waals surface area contributed by atoms with E-state index in [0.29, 0.717) is 0 Å². The fourth-order valence-electron chi connectivity index (χ4n) is 3.38. The van der Waals surface area contributed by atoms with Gasteiger partial charge < -0.3 is 10.1 Å². The Morgan fingerprint density at radius 1 is 1.12 bits per heavy atom. The Labute approximate surface area is 193 Å². The Hall–Kier alpha value is -2.01. The summed E-state index contributed by atoms with van der Waals surface area (Å²) in [5.74, 6) is -0.967. The Balaban J connectivity index is 1.70. The van der Waals surface area contributed by atoms with Gasteiger partial charge in [0.2, 0.25) is 15.9 Å². The predicted octanol–water partition coefficient (Wildman–Crippen LogP) is 5.06. The first-order chi connectivity index (χ1) is 14.9. The Kier molecular flexibility index (Phi) is 7.28. The number of halogens is 5. The molecule has 0 saturated carbocycles. The van der Waals surface area contributed by atoms with Crippen molar-refractivity contribution >= 4 is 44.8 Å². The standard InChI is InChI=1S/C20H19Cl2F3N2O4S/c1-31-17-5-3-14(21)11-18(17)32(29,30)27-8-6-12(7-9-27)19(28)26-16-10-13(20(23,24)25)2-4-15(16)22/h2-5,10-12H,6-9H2,1H3,(H,26,28). The number of alkyl halides is 3. The van der Waals surface area contributed by atoms with Gasteiger partial charge in [0.05, 0.1) is 23.4 Å². The van der Waals surface area contributed by atoms with Crippen LogP contribution in [0.4, 0.5) is 18.9 Å². The van der Waals surface area contributed by atoms with Crippen LogP contribution in [0, 0.1) is 5.92 Å². The number of rotatable bonds is 5. The molecule has 1 aliphatic rings. The predicted molar refractivity (Wildman–Crippen MR) is 115 cm³/mol. The van der Waals surface area contributed by atoms with Gasteiger partial charge in [-0.3, -0.25) is 4.79 Å². The normalized spacial score (nSPS) is 16.1. The molecule has 0 aromatic heterocycles. The molecule has 3 rings (SSSR count). The van der Waals surface area contributed by atoms with Gasteiger partial charge in [-0.1, -0.05) is 23.2 Å². The van der Waals surface area contributed by atoms with E-state index in [9.17, 15) is 26.4 Å². The molecule has 1 aliphatic heterocycles. The van der Waals surface area contributed by atoms with Gasteiger partial charge in [0.15, 0.2) is 0 Å². The molecule has 1 fully saturated rings. The van der Waals surface area contributed by atoms with E-state index in [-0.39, 0.29) is 52.3 Å². The van der Waals surface area contributed by atoms with Crippen LogP contribution in [0.25, 0.3) is 0 Å². The summed E-state index contributed by atoms with van der Waals surface area (Å²) in [5.41, 5.74) is -1.08. The lowest BCUT2D eigenvalue weighted by molar-refractivity contribution is -0.137. The quantitative estimate of drug-likeness (QED) is 0.609. The van der Waals surface area contributed by atoms with Crippen molar-refractivity contribution in [2.45, 2.75) is 23.9 Å². The zero-order valence-electron chi connectivity index (χ0n) is 16.7. The third kappa shape index (κ3) is 5.31. The largest absolute Gasteiger partial charge is 0.495 e. The zero-order valence-corrected chi connectivity index (χ0v) is 19.1. The Morgan fingerprint density at radius 3 is 2.38 bits per heavy atom. The third-order valence-electron chi connectivity index (χ3n) is 5.12. The molecule has 0 unspecified atom stereocenters. The summed E-state index contributed by atoms with van der Waals surface area (Å²) in [6.07, 6.45) is -4.21. The van der Waals surface area contributed by atoms with E-state index < -0.39 is 33.6 Å². The van der Waals surface area contributed by atoms with Crippen molar-refractivity contribution < 1.29 is 31.1 Å². The molecule has 0 spiro atoms. The number of anilines is 1. The molecule has 0 radical (unpaired) electrons. The monoisotopic (exact) mass is 510 g/mol. The van der Waals surface area contributed by atoms with Crippen molar-refractivity contribution in [2.24, 2.45) is 5.92 Å². The second-order valence-electron chi connectivity index (χ2n) is 7.16. The highest BCUT2D eigenvalue weighted by Gasteiger charge is 2.35. The van der Waals surface area contributed by atoms with E-state index in [4.69, 9.17) is 27.9 Å². The number of carbonyl (C=O) groups excluding carboxylic acids is 1. The van der Waals surface area contributed by atoms with Crippen LogP contribution < -0.4 is 10.1 Å². The smallest absolute Gasteiger partial charge is 0.416 e. The van der Waals surface area contributed by atoms with Gasteiger partial charge in [-0.15, -0.1) is 0 Å². The number of hydrogen-bond donors (Lipinski definition) is 1. The highest BCUT2D eigenvalue weighted by Crippen LogP contribution is 2.35. The highest BCUT2D eigenvalue weighted by molar-refractivity contribution is 7.89.